The Morgan fingerprint density at radius 1 is 0.957 bits per heavy atom. The van der Waals surface area contributed by atoms with E-state index < -0.39 is 5.97 Å². The van der Waals surface area contributed by atoms with Crippen molar-refractivity contribution < 1.29 is 24.1 Å². The molecule has 0 aromatic heterocycles. The lowest BCUT2D eigenvalue weighted by Crippen LogP contribution is -2.04. The maximum Gasteiger partial charge on any atom is 0.328 e. The second-order valence-corrected chi connectivity index (χ2v) is 5.05. The lowest BCUT2D eigenvalue weighted by atomic mass is 10.1. The number of carboxylic acids is 1. The minimum atomic E-state index is -1.01. The number of carbonyl (C=O) groups is 1. The third-order valence-electron chi connectivity index (χ3n) is 2.87. The van der Waals surface area contributed by atoms with Gasteiger partial charge in [-0.15, -0.1) is 0 Å². The molecule has 1 N–H and O–H groups in total. The molecule has 5 nitrogen and oxygen atoms in total. The monoisotopic (exact) mass is 322 g/mol. The minimum Gasteiger partial charge on any atom is -0.493 e. The molecule has 0 fully saturated rings. The van der Waals surface area contributed by atoms with Crippen LogP contribution in [0.25, 0.3) is 6.08 Å². The molecule has 5 heteroatoms. The molecule has 0 spiro atoms. The van der Waals surface area contributed by atoms with Gasteiger partial charge in [-0.3, -0.25) is 0 Å². The molecule has 128 valence electrons. The summed E-state index contributed by atoms with van der Waals surface area (Å²) in [6.07, 6.45) is 5.19. The zero-order valence-electron chi connectivity index (χ0n) is 14.1. The van der Waals surface area contributed by atoms with E-state index in [1.807, 2.05) is 20.8 Å². The van der Waals surface area contributed by atoms with E-state index in [9.17, 15) is 4.79 Å². The Morgan fingerprint density at radius 2 is 1.43 bits per heavy atom. The van der Waals surface area contributed by atoms with Crippen LogP contribution in [0.1, 0.15) is 45.6 Å². The molecule has 0 saturated carbocycles. The number of carboxylic acid groups (broad SMARTS) is 1. The van der Waals surface area contributed by atoms with E-state index in [0.717, 1.165) is 25.3 Å². The van der Waals surface area contributed by atoms with Crippen LogP contribution in [0.3, 0.4) is 0 Å². The number of benzene rings is 1. The Kier molecular flexibility index (Phi) is 8.65. The first-order chi connectivity index (χ1) is 11.1. The van der Waals surface area contributed by atoms with E-state index >= 15 is 0 Å². The van der Waals surface area contributed by atoms with Gasteiger partial charge in [0, 0.05) is 18.2 Å². The molecule has 0 atom stereocenters. The van der Waals surface area contributed by atoms with E-state index in [0.29, 0.717) is 42.6 Å². The maximum atomic E-state index is 10.8. The molecule has 0 amide bonds. The van der Waals surface area contributed by atoms with Crippen molar-refractivity contribution in [2.75, 3.05) is 19.8 Å². The third-order valence-corrected chi connectivity index (χ3v) is 2.87. The highest BCUT2D eigenvalue weighted by Gasteiger charge is 2.13. The highest BCUT2D eigenvalue weighted by Crippen LogP contribution is 2.36. The zero-order valence-corrected chi connectivity index (χ0v) is 14.1. The van der Waals surface area contributed by atoms with Crippen LogP contribution in [0.2, 0.25) is 0 Å². The molecular formula is C18H26O5. The summed E-state index contributed by atoms with van der Waals surface area (Å²) < 4.78 is 17.2. The Hall–Kier alpha value is -2.17. The first-order valence-corrected chi connectivity index (χ1v) is 8.09. The van der Waals surface area contributed by atoms with E-state index in [-0.39, 0.29) is 0 Å². The van der Waals surface area contributed by atoms with Crippen molar-refractivity contribution in [1.82, 2.24) is 0 Å². The highest BCUT2D eigenvalue weighted by atomic mass is 16.5. The average Bonchev–Trinajstić information content (AvgIpc) is 2.54. The van der Waals surface area contributed by atoms with Crippen LogP contribution in [0.5, 0.6) is 17.2 Å². The Morgan fingerprint density at radius 3 is 1.87 bits per heavy atom. The Labute approximate surface area is 137 Å². The molecule has 23 heavy (non-hydrogen) atoms. The predicted molar refractivity (Wildman–Crippen MR) is 90.5 cm³/mol. The molecular weight excluding hydrogens is 296 g/mol. The van der Waals surface area contributed by atoms with E-state index in [1.165, 1.54) is 6.08 Å². The predicted octanol–water partition coefficient (Wildman–Crippen LogP) is 4.15. The van der Waals surface area contributed by atoms with Gasteiger partial charge < -0.3 is 19.3 Å². The summed E-state index contributed by atoms with van der Waals surface area (Å²) >= 11 is 0. The molecule has 0 saturated heterocycles. The molecule has 0 aliphatic rings. The maximum absolute atomic E-state index is 10.8. The summed E-state index contributed by atoms with van der Waals surface area (Å²) in [6.45, 7) is 7.74. The smallest absolute Gasteiger partial charge is 0.328 e. The van der Waals surface area contributed by atoms with Gasteiger partial charge in [0.05, 0.1) is 25.4 Å². The van der Waals surface area contributed by atoms with Crippen molar-refractivity contribution in [3.63, 3.8) is 0 Å². The topological polar surface area (TPSA) is 65.0 Å². The van der Waals surface area contributed by atoms with Gasteiger partial charge in [-0.2, -0.15) is 0 Å². The van der Waals surface area contributed by atoms with Crippen molar-refractivity contribution in [2.24, 2.45) is 0 Å². The third kappa shape index (κ3) is 6.63. The van der Waals surface area contributed by atoms with Crippen molar-refractivity contribution in [2.45, 2.75) is 40.0 Å². The normalized spacial score (nSPS) is 10.7. The summed E-state index contributed by atoms with van der Waals surface area (Å²) in [7, 11) is 0. The van der Waals surface area contributed by atoms with Crippen LogP contribution in [0.15, 0.2) is 18.2 Å². The van der Waals surface area contributed by atoms with Crippen LogP contribution >= 0.6 is 0 Å². The summed E-state index contributed by atoms with van der Waals surface area (Å²) in [5.41, 5.74) is 0.623. The average molecular weight is 322 g/mol. The molecule has 0 radical (unpaired) electrons. The van der Waals surface area contributed by atoms with Gasteiger partial charge >= 0.3 is 5.97 Å². The van der Waals surface area contributed by atoms with Crippen LogP contribution in [0, 0.1) is 0 Å². The summed E-state index contributed by atoms with van der Waals surface area (Å²) in [5, 5.41) is 8.89. The molecule has 0 aliphatic heterocycles. The molecule has 0 heterocycles. The lowest BCUT2D eigenvalue weighted by molar-refractivity contribution is -0.131. The Balaban J connectivity index is 3.23. The van der Waals surface area contributed by atoms with Gasteiger partial charge in [-0.05, 0) is 25.3 Å². The zero-order chi connectivity index (χ0) is 17.1. The molecule has 1 aromatic rings. The van der Waals surface area contributed by atoms with Crippen LogP contribution in [0.4, 0.5) is 0 Å². The number of rotatable bonds is 11. The molecule has 0 unspecified atom stereocenters. The summed E-state index contributed by atoms with van der Waals surface area (Å²) in [4.78, 5) is 10.8. The van der Waals surface area contributed by atoms with Crippen molar-refractivity contribution in [3.05, 3.63) is 23.8 Å². The molecule has 1 aromatic carbocycles. The van der Waals surface area contributed by atoms with E-state index in [1.54, 1.807) is 12.1 Å². The van der Waals surface area contributed by atoms with Crippen LogP contribution < -0.4 is 14.2 Å². The molecule has 0 bridgehead atoms. The minimum absolute atomic E-state index is 0.540. The fraction of sp³-hybridized carbons (Fsp3) is 0.500. The van der Waals surface area contributed by atoms with Gasteiger partial charge in [0.15, 0.2) is 0 Å². The first-order valence-electron chi connectivity index (χ1n) is 8.09. The number of hydrogen-bond donors (Lipinski definition) is 1. The van der Waals surface area contributed by atoms with Gasteiger partial charge in [-0.1, -0.05) is 20.8 Å². The molecule has 1 rings (SSSR count). The molecule has 0 aliphatic carbocycles. The van der Waals surface area contributed by atoms with Gasteiger partial charge in [-0.25, -0.2) is 4.79 Å². The van der Waals surface area contributed by atoms with E-state index in [4.69, 9.17) is 19.3 Å². The lowest BCUT2D eigenvalue weighted by Gasteiger charge is -2.16. The summed E-state index contributed by atoms with van der Waals surface area (Å²) in [5.74, 6) is 0.795. The number of hydrogen-bond acceptors (Lipinski definition) is 4. The summed E-state index contributed by atoms with van der Waals surface area (Å²) in [6, 6.07) is 3.57. The Bertz CT molecular complexity index is 493. The number of ether oxygens (including phenoxy) is 3. The van der Waals surface area contributed by atoms with Crippen molar-refractivity contribution in [3.8, 4) is 17.2 Å². The second-order valence-electron chi connectivity index (χ2n) is 5.05. The fourth-order valence-electron chi connectivity index (χ4n) is 1.86. The van der Waals surface area contributed by atoms with Crippen LogP contribution in [-0.4, -0.2) is 30.9 Å². The quantitative estimate of drug-likeness (QED) is 0.620. The van der Waals surface area contributed by atoms with Crippen molar-refractivity contribution in [1.29, 1.82) is 0 Å². The van der Waals surface area contributed by atoms with Crippen molar-refractivity contribution >= 4 is 12.0 Å². The second kappa shape index (κ2) is 10.5. The first kappa shape index (κ1) is 18.9. The van der Waals surface area contributed by atoms with E-state index in [2.05, 4.69) is 0 Å². The number of aliphatic carboxylic acids is 1. The van der Waals surface area contributed by atoms with Gasteiger partial charge in [0.1, 0.15) is 17.2 Å². The van der Waals surface area contributed by atoms with Gasteiger partial charge in [0.2, 0.25) is 0 Å². The van der Waals surface area contributed by atoms with Crippen LogP contribution in [-0.2, 0) is 4.79 Å². The fourth-order valence-corrected chi connectivity index (χ4v) is 1.86. The SMILES string of the molecule is CCCOc1cc(OCCC)c(C=CC(=O)O)c(OCCC)c1. The standard InChI is InChI=1S/C18H26O5/c1-4-9-21-14-12-16(22-10-5-2)15(7-8-18(19)20)17(13-14)23-11-6-3/h7-8,12-13H,4-6,9-11H2,1-3H3,(H,19,20). The highest BCUT2D eigenvalue weighted by molar-refractivity contribution is 5.87. The largest absolute Gasteiger partial charge is 0.493 e. The van der Waals surface area contributed by atoms with Gasteiger partial charge in [0.25, 0.3) is 0 Å².